The van der Waals surface area contributed by atoms with Crippen molar-refractivity contribution in [1.29, 1.82) is 0 Å². The normalized spacial score (nSPS) is 11.1. The van der Waals surface area contributed by atoms with Crippen molar-refractivity contribution in [3.63, 3.8) is 0 Å². The van der Waals surface area contributed by atoms with E-state index in [1.54, 1.807) is 24.3 Å². The number of hydrogen-bond acceptors (Lipinski definition) is 4. The second-order valence-electron chi connectivity index (χ2n) is 7.14. The number of nitrogens with zero attached hydrogens (tertiary/aromatic N) is 2. The topological polar surface area (TPSA) is 46.3 Å². The Morgan fingerprint density at radius 3 is 2.41 bits per heavy atom. The number of halogens is 2. The van der Waals surface area contributed by atoms with Crippen LogP contribution in [0.2, 0.25) is 0 Å². The Bertz CT molecular complexity index is 1380. The van der Waals surface area contributed by atoms with Gasteiger partial charge in [-0.05, 0) is 41.5 Å². The number of benzene rings is 3. The average Bonchev–Trinajstić information content (AvgIpc) is 3.48. The van der Waals surface area contributed by atoms with Gasteiger partial charge in [0.15, 0.2) is 10.9 Å². The fraction of sp³-hybridized carbons (Fsp3) is 0.0400. The Labute approximate surface area is 186 Å². The lowest BCUT2D eigenvalue weighted by molar-refractivity contribution is 0.0983. The van der Waals surface area contributed by atoms with Crippen LogP contribution in [0.25, 0.3) is 21.3 Å². The van der Waals surface area contributed by atoms with Gasteiger partial charge in [0.05, 0.1) is 17.5 Å². The smallest absolute Gasteiger partial charge is 0.260 e. The van der Waals surface area contributed by atoms with Crippen LogP contribution >= 0.6 is 11.3 Å². The van der Waals surface area contributed by atoms with E-state index >= 15 is 0 Å². The number of furan rings is 1. The molecular formula is C25H16F2N2O2S. The highest BCUT2D eigenvalue weighted by Crippen LogP contribution is 2.33. The fourth-order valence-electron chi connectivity index (χ4n) is 3.44. The molecule has 0 atom stereocenters. The number of carbonyl (C=O) groups excluding carboxylic acids is 1. The van der Waals surface area contributed by atoms with Gasteiger partial charge in [0.25, 0.3) is 5.91 Å². The Morgan fingerprint density at radius 1 is 0.938 bits per heavy atom. The van der Waals surface area contributed by atoms with Gasteiger partial charge < -0.3 is 4.42 Å². The molecule has 7 heteroatoms. The number of fused-ring (bicyclic) bond motifs is 1. The molecule has 0 aliphatic heterocycles. The monoisotopic (exact) mass is 446 g/mol. The largest absolute Gasteiger partial charge is 0.467 e. The minimum atomic E-state index is -0.764. The van der Waals surface area contributed by atoms with E-state index in [0.717, 1.165) is 28.5 Å². The summed E-state index contributed by atoms with van der Waals surface area (Å²) in [7, 11) is 0. The Hall–Kier alpha value is -3.84. The highest BCUT2D eigenvalue weighted by molar-refractivity contribution is 7.22. The van der Waals surface area contributed by atoms with Gasteiger partial charge >= 0.3 is 0 Å². The van der Waals surface area contributed by atoms with Crippen LogP contribution in [0.4, 0.5) is 13.9 Å². The van der Waals surface area contributed by atoms with Gasteiger partial charge in [-0.1, -0.05) is 53.8 Å². The van der Waals surface area contributed by atoms with Gasteiger partial charge in [0.1, 0.15) is 17.1 Å². The van der Waals surface area contributed by atoms with Crippen LogP contribution in [-0.2, 0) is 6.54 Å². The van der Waals surface area contributed by atoms with E-state index in [4.69, 9.17) is 4.42 Å². The Balaban J connectivity index is 1.52. The molecule has 2 aromatic heterocycles. The van der Waals surface area contributed by atoms with Crippen molar-refractivity contribution >= 4 is 32.6 Å². The second-order valence-corrected chi connectivity index (χ2v) is 8.15. The predicted octanol–water partition coefficient (Wildman–Crippen LogP) is 6.68. The zero-order chi connectivity index (χ0) is 22.1. The van der Waals surface area contributed by atoms with Crippen LogP contribution in [0.3, 0.4) is 0 Å². The molecule has 0 saturated heterocycles. The van der Waals surface area contributed by atoms with E-state index in [9.17, 15) is 13.6 Å². The molecule has 0 saturated carbocycles. The summed E-state index contributed by atoms with van der Waals surface area (Å²) in [5, 5.41) is 0.262. The van der Waals surface area contributed by atoms with Crippen molar-refractivity contribution in [3.05, 3.63) is 108 Å². The van der Waals surface area contributed by atoms with Gasteiger partial charge in [-0.3, -0.25) is 9.69 Å². The van der Waals surface area contributed by atoms with E-state index in [-0.39, 0.29) is 23.1 Å². The summed E-state index contributed by atoms with van der Waals surface area (Å²) < 4.78 is 33.6. The molecule has 4 nitrogen and oxygen atoms in total. The van der Waals surface area contributed by atoms with E-state index in [1.165, 1.54) is 17.2 Å². The van der Waals surface area contributed by atoms with Crippen LogP contribution in [0.1, 0.15) is 16.1 Å². The second kappa shape index (κ2) is 8.36. The first-order valence-electron chi connectivity index (χ1n) is 9.84. The molecule has 0 unspecified atom stereocenters. The van der Waals surface area contributed by atoms with Gasteiger partial charge in [-0.25, -0.2) is 13.8 Å². The molecule has 158 valence electrons. The third-order valence-corrected chi connectivity index (χ3v) is 6.04. The molecule has 0 N–H and O–H groups in total. The Morgan fingerprint density at radius 2 is 1.69 bits per heavy atom. The molecule has 0 fully saturated rings. The van der Waals surface area contributed by atoms with Crippen molar-refractivity contribution in [3.8, 4) is 11.1 Å². The standard InChI is InChI=1S/C25H16F2N2O2S/c26-19-13-21(27)23-22(14-19)32-25(28-23)29(15-20-7-4-12-31-20)24(30)18-10-8-17(9-11-18)16-5-2-1-3-6-16/h1-14H,15H2. The third kappa shape index (κ3) is 3.90. The molecule has 3 aromatic carbocycles. The summed E-state index contributed by atoms with van der Waals surface area (Å²) in [4.78, 5) is 19.1. The summed E-state index contributed by atoms with van der Waals surface area (Å²) in [6.07, 6.45) is 1.51. The fourth-order valence-corrected chi connectivity index (χ4v) is 4.44. The molecule has 1 amide bonds. The lowest BCUT2D eigenvalue weighted by atomic mass is 10.0. The van der Waals surface area contributed by atoms with Crippen molar-refractivity contribution in [2.24, 2.45) is 0 Å². The van der Waals surface area contributed by atoms with Crippen molar-refractivity contribution in [2.75, 3.05) is 4.90 Å². The number of amides is 1. The number of hydrogen-bond donors (Lipinski definition) is 0. The molecule has 5 rings (SSSR count). The maximum atomic E-state index is 14.2. The van der Waals surface area contributed by atoms with Crippen LogP contribution in [0.5, 0.6) is 0 Å². The Kier molecular flexibility index (Phi) is 5.25. The minimum Gasteiger partial charge on any atom is -0.467 e. The highest BCUT2D eigenvalue weighted by atomic mass is 32.1. The van der Waals surface area contributed by atoms with Gasteiger partial charge in [0.2, 0.25) is 0 Å². The lowest BCUT2D eigenvalue weighted by Crippen LogP contribution is -2.30. The van der Waals surface area contributed by atoms with Crippen LogP contribution < -0.4 is 4.90 Å². The predicted molar refractivity (Wildman–Crippen MR) is 121 cm³/mol. The summed E-state index contributed by atoms with van der Waals surface area (Å²) in [6.45, 7) is 0.107. The molecule has 5 aromatic rings. The summed E-state index contributed by atoms with van der Waals surface area (Å²) in [6, 6.07) is 22.5. The molecule has 0 bridgehead atoms. The molecule has 2 heterocycles. The van der Waals surface area contributed by atoms with Crippen LogP contribution in [-0.4, -0.2) is 10.9 Å². The number of thiazole rings is 1. The highest BCUT2D eigenvalue weighted by Gasteiger charge is 2.24. The van der Waals surface area contributed by atoms with Gasteiger partial charge in [0, 0.05) is 11.6 Å². The van der Waals surface area contributed by atoms with Crippen molar-refractivity contribution < 1.29 is 18.0 Å². The zero-order valence-electron chi connectivity index (χ0n) is 16.7. The maximum Gasteiger partial charge on any atom is 0.260 e. The quantitative estimate of drug-likeness (QED) is 0.302. The summed E-state index contributed by atoms with van der Waals surface area (Å²) in [5.41, 5.74) is 2.50. The SMILES string of the molecule is O=C(c1ccc(-c2ccccc2)cc1)N(Cc1ccco1)c1nc2c(F)cc(F)cc2s1. The van der Waals surface area contributed by atoms with E-state index in [2.05, 4.69) is 4.98 Å². The number of aromatic nitrogens is 1. The number of anilines is 1. The molecular weight excluding hydrogens is 430 g/mol. The molecule has 32 heavy (non-hydrogen) atoms. The molecule has 0 spiro atoms. The molecule has 0 aliphatic rings. The first-order chi connectivity index (χ1) is 15.6. The molecule has 0 aliphatic carbocycles. The van der Waals surface area contributed by atoms with E-state index < -0.39 is 11.6 Å². The summed E-state index contributed by atoms with van der Waals surface area (Å²) >= 11 is 1.05. The van der Waals surface area contributed by atoms with E-state index in [0.29, 0.717) is 16.0 Å². The first kappa shape index (κ1) is 20.1. The molecule has 0 radical (unpaired) electrons. The lowest BCUT2D eigenvalue weighted by Gasteiger charge is -2.19. The third-order valence-electron chi connectivity index (χ3n) is 5.01. The van der Waals surface area contributed by atoms with Crippen molar-refractivity contribution in [2.45, 2.75) is 6.54 Å². The summed E-state index contributed by atoms with van der Waals surface area (Å²) in [5.74, 6) is -1.23. The number of carbonyl (C=O) groups is 1. The maximum absolute atomic E-state index is 14.2. The van der Waals surface area contributed by atoms with Gasteiger partial charge in [-0.2, -0.15) is 0 Å². The van der Waals surface area contributed by atoms with Gasteiger partial charge in [-0.15, -0.1) is 0 Å². The average molecular weight is 446 g/mol. The zero-order valence-corrected chi connectivity index (χ0v) is 17.5. The van der Waals surface area contributed by atoms with E-state index in [1.807, 2.05) is 42.5 Å². The first-order valence-corrected chi connectivity index (χ1v) is 10.7. The minimum absolute atomic E-state index is 0.0306. The number of rotatable bonds is 5. The van der Waals surface area contributed by atoms with Crippen LogP contribution in [0.15, 0.2) is 89.5 Å². The van der Waals surface area contributed by atoms with Crippen LogP contribution in [0, 0.1) is 11.6 Å². The van der Waals surface area contributed by atoms with Crippen molar-refractivity contribution in [1.82, 2.24) is 4.98 Å².